The summed E-state index contributed by atoms with van der Waals surface area (Å²) < 4.78 is 16.1. The molecule has 1 aliphatic heterocycles. The van der Waals surface area contributed by atoms with Crippen molar-refractivity contribution in [1.82, 2.24) is 29.7 Å². The lowest BCUT2D eigenvalue weighted by Gasteiger charge is -2.36. The van der Waals surface area contributed by atoms with Crippen molar-refractivity contribution in [3.05, 3.63) is 64.8 Å². The van der Waals surface area contributed by atoms with Gasteiger partial charge in [0.15, 0.2) is 11.6 Å². The van der Waals surface area contributed by atoms with E-state index in [1.807, 2.05) is 28.8 Å². The third-order valence-corrected chi connectivity index (χ3v) is 5.93. The molecule has 0 bridgehead atoms. The highest BCUT2D eigenvalue weighted by Crippen LogP contribution is 2.21. The number of guanidine groups is 1. The Kier molecular flexibility index (Phi) is 6.99. The standard InChI is InChI=1S/C22H27ClFN7/c1-25-22(26-10-5-9-21-28-27-20-8-2-3-11-31(20)21)30-14-12-29(13-15-30)16-17-18(23)6-4-7-19(17)24/h2-4,6-8,11H,5,9-10,12-16H2,1H3,(H,25,26). The van der Waals surface area contributed by atoms with Gasteiger partial charge in [-0.05, 0) is 30.7 Å². The number of halogens is 2. The first-order valence-corrected chi connectivity index (χ1v) is 10.9. The highest BCUT2D eigenvalue weighted by molar-refractivity contribution is 6.31. The minimum absolute atomic E-state index is 0.243. The van der Waals surface area contributed by atoms with E-state index in [0.717, 1.165) is 63.0 Å². The van der Waals surface area contributed by atoms with Crippen molar-refractivity contribution < 1.29 is 4.39 Å². The Morgan fingerprint density at radius 1 is 1.13 bits per heavy atom. The van der Waals surface area contributed by atoms with Crippen LogP contribution < -0.4 is 5.32 Å². The summed E-state index contributed by atoms with van der Waals surface area (Å²) in [4.78, 5) is 8.90. The lowest BCUT2D eigenvalue weighted by Crippen LogP contribution is -2.52. The lowest BCUT2D eigenvalue weighted by molar-refractivity contribution is 0.171. The van der Waals surface area contributed by atoms with E-state index in [0.29, 0.717) is 17.1 Å². The van der Waals surface area contributed by atoms with E-state index in [1.165, 1.54) is 6.07 Å². The number of fused-ring (bicyclic) bond motifs is 1. The van der Waals surface area contributed by atoms with E-state index in [-0.39, 0.29) is 5.82 Å². The Hall–Kier alpha value is -2.71. The van der Waals surface area contributed by atoms with Gasteiger partial charge in [-0.3, -0.25) is 14.3 Å². The van der Waals surface area contributed by atoms with Crippen LogP contribution in [0.4, 0.5) is 4.39 Å². The largest absolute Gasteiger partial charge is 0.356 e. The minimum Gasteiger partial charge on any atom is -0.356 e. The molecule has 164 valence electrons. The number of aryl methyl sites for hydroxylation is 1. The van der Waals surface area contributed by atoms with Crippen LogP contribution in [0.2, 0.25) is 5.02 Å². The Morgan fingerprint density at radius 2 is 1.97 bits per heavy atom. The SMILES string of the molecule is CN=C(NCCCc1nnc2ccccn12)N1CCN(Cc2c(F)cccc2Cl)CC1. The predicted octanol–water partition coefficient (Wildman–Crippen LogP) is 2.85. The van der Waals surface area contributed by atoms with Crippen LogP contribution in [-0.2, 0) is 13.0 Å². The van der Waals surface area contributed by atoms with Gasteiger partial charge in [0.2, 0.25) is 0 Å². The van der Waals surface area contributed by atoms with Gasteiger partial charge in [-0.1, -0.05) is 23.7 Å². The van der Waals surface area contributed by atoms with E-state index in [9.17, 15) is 4.39 Å². The van der Waals surface area contributed by atoms with Crippen molar-refractivity contribution in [1.29, 1.82) is 0 Å². The molecule has 9 heteroatoms. The molecule has 2 aromatic heterocycles. The van der Waals surface area contributed by atoms with Crippen LogP contribution in [0.3, 0.4) is 0 Å². The zero-order chi connectivity index (χ0) is 21.6. The third-order valence-electron chi connectivity index (χ3n) is 5.57. The zero-order valence-corrected chi connectivity index (χ0v) is 18.4. The highest BCUT2D eigenvalue weighted by Gasteiger charge is 2.21. The number of hydrogen-bond acceptors (Lipinski definition) is 4. The fourth-order valence-corrected chi connectivity index (χ4v) is 4.09. The Labute approximate surface area is 186 Å². The molecule has 0 aliphatic carbocycles. The molecule has 1 saturated heterocycles. The number of hydrogen-bond donors (Lipinski definition) is 1. The molecule has 0 atom stereocenters. The average Bonchev–Trinajstić information content (AvgIpc) is 3.20. The van der Waals surface area contributed by atoms with Gasteiger partial charge >= 0.3 is 0 Å². The number of piperazine rings is 1. The molecule has 1 fully saturated rings. The number of rotatable bonds is 6. The molecular weight excluding hydrogens is 417 g/mol. The van der Waals surface area contributed by atoms with E-state index in [4.69, 9.17) is 11.6 Å². The monoisotopic (exact) mass is 443 g/mol. The topological polar surface area (TPSA) is 61.1 Å². The molecule has 7 nitrogen and oxygen atoms in total. The number of aromatic nitrogens is 3. The number of nitrogens with one attached hydrogen (secondary N) is 1. The first-order valence-electron chi connectivity index (χ1n) is 10.5. The number of pyridine rings is 1. The second-order valence-corrected chi connectivity index (χ2v) is 7.99. The van der Waals surface area contributed by atoms with Crippen LogP contribution in [0.15, 0.2) is 47.6 Å². The van der Waals surface area contributed by atoms with Crippen LogP contribution in [-0.4, -0.2) is 70.1 Å². The number of aliphatic imine (C=N–C) groups is 1. The molecule has 1 aromatic carbocycles. The second-order valence-electron chi connectivity index (χ2n) is 7.59. The average molecular weight is 444 g/mol. The molecule has 0 unspecified atom stereocenters. The second kappa shape index (κ2) is 10.1. The molecular formula is C22H27ClFN7. The van der Waals surface area contributed by atoms with E-state index >= 15 is 0 Å². The molecule has 1 N–H and O–H groups in total. The van der Waals surface area contributed by atoms with Crippen molar-refractivity contribution in [3.8, 4) is 0 Å². The van der Waals surface area contributed by atoms with Crippen molar-refractivity contribution in [2.24, 2.45) is 4.99 Å². The molecule has 0 spiro atoms. The number of benzene rings is 1. The summed E-state index contributed by atoms with van der Waals surface area (Å²) in [5, 5.41) is 12.4. The van der Waals surface area contributed by atoms with Gasteiger partial charge in [0.1, 0.15) is 11.6 Å². The van der Waals surface area contributed by atoms with Gasteiger partial charge in [0, 0.05) is 69.5 Å². The summed E-state index contributed by atoms with van der Waals surface area (Å²) in [6.07, 6.45) is 3.76. The maximum atomic E-state index is 14.1. The van der Waals surface area contributed by atoms with Crippen molar-refractivity contribution >= 4 is 23.2 Å². The first kappa shape index (κ1) is 21.5. The molecule has 0 saturated carbocycles. The van der Waals surface area contributed by atoms with Crippen LogP contribution in [0, 0.1) is 5.82 Å². The normalized spacial score (nSPS) is 15.6. The van der Waals surface area contributed by atoms with Crippen LogP contribution in [0.25, 0.3) is 5.65 Å². The lowest BCUT2D eigenvalue weighted by atomic mass is 10.2. The Morgan fingerprint density at radius 3 is 2.74 bits per heavy atom. The minimum atomic E-state index is -0.243. The van der Waals surface area contributed by atoms with Gasteiger partial charge < -0.3 is 10.2 Å². The van der Waals surface area contributed by atoms with Crippen LogP contribution in [0.5, 0.6) is 0 Å². The van der Waals surface area contributed by atoms with Gasteiger partial charge in [-0.2, -0.15) is 0 Å². The highest BCUT2D eigenvalue weighted by atomic mass is 35.5. The van der Waals surface area contributed by atoms with E-state index < -0.39 is 0 Å². The third kappa shape index (κ3) is 5.14. The van der Waals surface area contributed by atoms with Crippen molar-refractivity contribution in [2.75, 3.05) is 39.8 Å². The molecule has 1 aliphatic rings. The molecule has 3 heterocycles. The quantitative estimate of drug-likeness (QED) is 0.360. The molecule has 3 aromatic rings. The fourth-order valence-electron chi connectivity index (χ4n) is 3.87. The number of nitrogens with zero attached hydrogens (tertiary/aromatic N) is 6. The maximum absolute atomic E-state index is 14.1. The van der Waals surface area contributed by atoms with Crippen LogP contribution in [0.1, 0.15) is 17.8 Å². The van der Waals surface area contributed by atoms with E-state index in [2.05, 4.69) is 30.3 Å². The van der Waals surface area contributed by atoms with E-state index in [1.54, 1.807) is 19.2 Å². The summed E-state index contributed by atoms with van der Waals surface area (Å²) in [7, 11) is 1.81. The smallest absolute Gasteiger partial charge is 0.193 e. The summed E-state index contributed by atoms with van der Waals surface area (Å²) in [5.41, 5.74) is 1.44. The van der Waals surface area contributed by atoms with Crippen LogP contribution >= 0.6 is 11.6 Å². The van der Waals surface area contributed by atoms with Crippen molar-refractivity contribution in [2.45, 2.75) is 19.4 Å². The summed E-state index contributed by atoms with van der Waals surface area (Å²) in [6, 6.07) is 10.7. The Bertz CT molecular complexity index is 1020. The maximum Gasteiger partial charge on any atom is 0.193 e. The molecule has 4 rings (SSSR count). The summed E-state index contributed by atoms with van der Waals surface area (Å²) in [5.74, 6) is 1.62. The fraction of sp³-hybridized carbons (Fsp3) is 0.409. The summed E-state index contributed by atoms with van der Waals surface area (Å²) in [6.45, 7) is 4.66. The van der Waals surface area contributed by atoms with Crippen molar-refractivity contribution in [3.63, 3.8) is 0 Å². The van der Waals surface area contributed by atoms with Gasteiger partial charge in [0.05, 0.1) is 0 Å². The molecule has 31 heavy (non-hydrogen) atoms. The molecule has 0 amide bonds. The van der Waals surface area contributed by atoms with Gasteiger partial charge in [-0.15, -0.1) is 10.2 Å². The Balaban J connectivity index is 1.23. The molecule has 0 radical (unpaired) electrons. The van der Waals surface area contributed by atoms with Gasteiger partial charge in [-0.25, -0.2) is 4.39 Å². The zero-order valence-electron chi connectivity index (χ0n) is 17.6. The first-order chi connectivity index (χ1) is 15.2. The summed E-state index contributed by atoms with van der Waals surface area (Å²) >= 11 is 6.17. The van der Waals surface area contributed by atoms with Gasteiger partial charge in [0.25, 0.3) is 0 Å². The predicted molar refractivity (Wildman–Crippen MR) is 121 cm³/mol.